The molecule has 2 rings (SSSR count). The van der Waals surface area contributed by atoms with E-state index in [1.165, 1.54) is 6.20 Å². The highest BCUT2D eigenvalue weighted by Gasteiger charge is 2.14. The first kappa shape index (κ1) is 7.43. The Hall–Kier alpha value is -1.22. The lowest BCUT2D eigenvalue weighted by atomic mass is 10.1. The summed E-state index contributed by atoms with van der Waals surface area (Å²) in [5, 5.41) is 0.333. The van der Waals surface area contributed by atoms with E-state index in [4.69, 9.17) is 11.6 Å². The van der Waals surface area contributed by atoms with Gasteiger partial charge in [0.2, 0.25) is 0 Å². The second kappa shape index (κ2) is 2.68. The van der Waals surface area contributed by atoms with E-state index in [-0.39, 0.29) is 5.78 Å². The fourth-order valence-electron chi connectivity index (χ4n) is 1.09. The predicted octanol–water partition coefficient (Wildman–Crippen LogP) is 2.02. The van der Waals surface area contributed by atoms with E-state index in [0.29, 0.717) is 22.8 Å². The zero-order valence-electron chi connectivity index (χ0n) is 6.12. The summed E-state index contributed by atoms with van der Waals surface area (Å²) < 4.78 is 0. The summed E-state index contributed by atoms with van der Waals surface area (Å²) in [6.07, 6.45) is 3.44. The summed E-state index contributed by atoms with van der Waals surface area (Å²) >= 11 is 5.63. The lowest BCUT2D eigenvalue weighted by molar-refractivity contribution is 0.100. The van der Waals surface area contributed by atoms with Crippen molar-refractivity contribution in [3.63, 3.8) is 0 Å². The lowest BCUT2D eigenvalue weighted by Crippen LogP contribution is -2.04. The van der Waals surface area contributed by atoms with Crippen molar-refractivity contribution in [3.8, 4) is 0 Å². The third-order valence-corrected chi connectivity index (χ3v) is 1.86. The van der Waals surface area contributed by atoms with Crippen LogP contribution in [0.1, 0.15) is 16.8 Å². The molecule has 0 radical (unpaired) electrons. The number of Topliss-reactive ketones (excluding diaryl/α,β-unsaturated/α-hetero) is 1. The van der Waals surface area contributed by atoms with Crippen molar-refractivity contribution < 1.29 is 4.79 Å². The first-order valence-electron chi connectivity index (χ1n) is 3.48. The number of hydrogen-bond donors (Lipinski definition) is 0. The monoisotopic (exact) mass is 180 g/mol. The molecule has 0 saturated carbocycles. The van der Waals surface area contributed by atoms with Crippen molar-refractivity contribution in [2.24, 2.45) is 4.99 Å². The maximum atomic E-state index is 11.3. The van der Waals surface area contributed by atoms with Crippen LogP contribution >= 0.6 is 11.6 Å². The summed E-state index contributed by atoms with van der Waals surface area (Å²) in [6.45, 7) is 0. The largest absolute Gasteiger partial charge is 0.294 e. The summed E-state index contributed by atoms with van der Waals surface area (Å²) in [4.78, 5) is 19.1. The average molecular weight is 181 g/mol. The molecular formula is C8H5ClN2O. The van der Waals surface area contributed by atoms with Crippen LogP contribution < -0.4 is 0 Å². The normalized spacial score (nSPS) is 14.6. The Morgan fingerprint density at radius 3 is 3.17 bits per heavy atom. The first-order valence-corrected chi connectivity index (χ1v) is 3.86. The minimum atomic E-state index is 0.0456. The van der Waals surface area contributed by atoms with Crippen LogP contribution in [0, 0.1) is 0 Å². The van der Waals surface area contributed by atoms with Crippen molar-refractivity contribution in [2.45, 2.75) is 6.42 Å². The molecule has 1 aromatic rings. The molecular weight excluding hydrogens is 176 g/mol. The van der Waals surface area contributed by atoms with Crippen LogP contribution in [0.5, 0.6) is 0 Å². The van der Waals surface area contributed by atoms with E-state index in [0.717, 1.165) is 0 Å². The third kappa shape index (κ3) is 1.12. The van der Waals surface area contributed by atoms with Crippen LogP contribution in [0.3, 0.4) is 0 Å². The number of carbonyl (C=O) groups is 1. The van der Waals surface area contributed by atoms with Gasteiger partial charge in [-0.2, -0.15) is 0 Å². The Kier molecular flexibility index (Phi) is 1.66. The molecule has 0 saturated heterocycles. The van der Waals surface area contributed by atoms with Gasteiger partial charge < -0.3 is 0 Å². The standard InChI is InChI=1S/C8H5ClN2O/c9-8-3-5-6(4-11-8)10-2-1-7(5)12/h2-4H,1H2. The Morgan fingerprint density at radius 1 is 1.50 bits per heavy atom. The molecule has 0 aromatic carbocycles. The molecule has 1 aliphatic rings. The number of aliphatic imine (C=N–C) groups is 1. The van der Waals surface area contributed by atoms with Crippen LogP contribution in [-0.4, -0.2) is 17.0 Å². The van der Waals surface area contributed by atoms with Gasteiger partial charge in [0.05, 0.1) is 11.9 Å². The molecule has 60 valence electrons. The fourth-order valence-corrected chi connectivity index (χ4v) is 1.24. The molecule has 0 N–H and O–H groups in total. The SMILES string of the molecule is O=C1CC=Nc2cnc(Cl)cc21. The second-order valence-corrected chi connectivity index (χ2v) is 2.85. The highest BCUT2D eigenvalue weighted by molar-refractivity contribution is 6.30. The molecule has 0 atom stereocenters. The Morgan fingerprint density at radius 2 is 2.33 bits per heavy atom. The fraction of sp³-hybridized carbons (Fsp3) is 0.125. The molecule has 0 fully saturated rings. The highest BCUT2D eigenvalue weighted by Crippen LogP contribution is 2.24. The first-order chi connectivity index (χ1) is 5.77. The van der Waals surface area contributed by atoms with Gasteiger partial charge in [0, 0.05) is 18.2 Å². The summed E-state index contributed by atoms with van der Waals surface area (Å²) in [6, 6.07) is 1.55. The Balaban J connectivity index is 2.63. The van der Waals surface area contributed by atoms with E-state index >= 15 is 0 Å². The summed E-state index contributed by atoms with van der Waals surface area (Å²) in [5.74, 6) is 0.0456. The number of carbonyl (C=O) groups excluding carboxylic acids is 1. The molecule has 0 aliphatic carbocycles. The molecule has 2 heterocycles. The van der Waals surface area contributed by atoms with Crippen molar-refractivity contribution in [2.75, 3.05) is 0 Å². The van der Waals surface area contributed by atoms with E-state index in [2.05, 4.69) is 9.98 Å². The van der Waals surface area contributed by atoms with Crippen molar-refractivity contribution in [1.29, 1.82) is 0 Å². The molecule has 0 spiro atoms. The lowest BCUT2D eigenvalue weighted by Gasteiger charge is -2.06. The van der Waals surface area contributed by atoms with Crippen LogP contribution in [0.15, 0.2) is 17.3 Å². The van der Waals surface area contributed by atoms with Crippen LogP contribution in [0.2, 0.25) is 5.15 Å². The van der Waals surface area contributed by atoms with Gasteiger partial charge in [-0.25, -0.2) is 4.98 Å². The minimum Gasteiger partial charge on any atom is -0.294 e. The van der Waals surface area contributed by atoms with Gasteiger partial charge in [0.25, 0.3) is 0 Å². The van der Waals surface area contributed by atoms with Gasteiger partial charge in [0.1, 0.15) is 5.15 Å². The zero-order valence-corrected chi connectivity index (χ0v) is 6.88. The second-order valence-electron chi connectivity index (χ2n) is 2.46. The molecule has 4 heteroatoms. The Bertz CT molecular complexity index is 373. The predicted molar refractivity (Wildman–Crippen MR) is 46.3 cm³/mol. The van der Waals surface area contributed by atoms with Gasteiger partial charge in [-0.05, 0) is 6.07 Å². The molecule has 0 bridgehead atoms. The molecule has 1 aromatic heterocycles. The van der Waals surface area contributed by atoms with E-state index in [1.54, 1.807) is 12.3 Å². The third-order valence-electron chi connectivity index (χ3n) is 1.66. The van der Waals surface area contributed by atoms with Crippen LogP contribution in [-0.2, 0) is 0 Å². The maximum absolute atomic E-state index is 11.3. The number of ketones is 1. The number of halogens is 1. The number of hydrogen-bond acceptors (Lipinski definition) is 3. The van der Waals surface area contributed by atoms with Gasteiger partial charge in [-0.1, -0.05) is 11.6 Å². The number of pyridine rings is 1. The Labute approximate surface area is 74.1 Å². The van der Waals surface area contributed by atoms with E-state index in [9.17, 15) is 4.79 Å². The quantitative estimate of drug-likeness (QED) is 0.574. The van der Waals surface area contributed by atoms with Gasteiger partial charge in [0.15, 0.2) is 5.78 Å². The number of rotatable bonds is 0. The minimum absolute atomic E-state index is 0.0456. The van der Waals surface area contributed by atoms with Crippen LogP contribution in [0.25, 0.3) is 0 Å². The van der Waals surface area contributed by atoms with Crippen molar-refractivity contribution >= 4 is 29.3 Å². The van der Waals surface area contributed by atoms with Gasteiger partial charge in [-0.15, -0.1) is 0 Å². The molecule has 12 heavy (non-hydrogen) atoms. The van der Waals surface area contributed by atoms with Gasteiger partial charge >= 0.3 is 0 Å². The van der Waals surface area contributed by atoms with Crippen molar-refractivity contribution in [3.05, 3.63) is 23.0 Å². The average Bonchev–Trinajstić information content (AvgIpc) is 2.07. The van der Waals surface area contributed by atoms with Crippen molar-refractivity contribution in [1.82, 2.24) is 4.98 Å². The molecule has 0 amide bonds. The number of aromatic nitrogens is 1. The maximum Gasteiger partial charge on any atom is 0.170 e. The number of nitrogens with zero attached hydrogens (tertiary/aromatic N) is 2. The highest BCUT2D eigenvalue weighted by atomic mass is 35.5. The van der Waals surface area contributed by atoms with E-state index < -0.39 is 0 Å². The van der Waals surface area contributed by atoms with Crippen LogP contribution in [0.4, 0.5) is 5.69 Å². The molecule has 3 nitrogen and oxygen atoms in total. The molecule has 0 unspecified atom stereocenters. The molecule has 1 aliphatic heterocycles. The summed E-state index contributed by atoms with van der Waals surface area (Å²) in [5.41, 5.74) is 1.17. The topological polar surface area (TPSA) is 42.3 Å². The smallest absolute Gasteiger partial charge is 0.170 e. The van der Waals surface area contributed by atoms with E-state index in [1.807, 2.05) is 0 Å². The number of fused-ring (bicyclic) bond motifs is 1. The summed E-state index contributed by atoms with van der Waals surface area (Å²) in [7, 11) is 0. The van der Waals surface area contributed by atoms with Gasteiger partial charge in [-0.3, -0.25) is 9.79 Å². The zero-order chi connectivity index (χ0) is 8.55.